The molecule has 2 heterocycles. The Balaban J connectivity index is 1.68. The van der Waals surface area contributed by atoms with Crippen LogP contribution in [0.3, 0.4) is 0 Å². The molecule has 2 aromatic rings. The normalized spacial score (nSPS) is 15.9. The highest BCUT2D eigenvalue weighted by Crippen LogP contribution is 2.22. The summed E-state index contributed by atoms with van der Waals surface area (Å²) in [4.78, 5) is 19.0. The van der Waals surface area contributed by atoms with Gasteiger partial charge in [0.15, 0.2) is 0 Å². The van der Waals surface area contributed by atoms with Gasteiger partial charge in [-0.1, -0.05) is 50.3 Å². The molecular weight excluding hydrogens is 326 g/mol. The van der Waals surface area contributed by atoms with Gasteiger partial charge >= 0.3 is 0 Å². The quantitative estimate of drug-likeness (QED) is 0.896. The second-order valence-electron chi connectivity index (χ2n) is 7.13. The van der Waals surface area contributed by atoms with Crippen molar-refractivity contribution in [1.29, 1.82) is 0 Å². The molecular formula is C20H27N5O. The van der Waals surface area contributed by atoms with Crippen molar-refractivity contribution >= 4 is 11.5 Å². The van der Waals surface area contributed by atoms with Gasteiger partial charge in [-0.25, -0.2) is 9.67 Å². The Morgan fingerprint density at radius 2 is 2.00 bits per heavy atom. The molecule has 0 aliphatic carbocycles. The zero-order valence-corrected chi connectivity index (χ0v) is 15.7. The van der Waals surface area contributed by atoms with E-state index < -0.39 is 0 Å². The first-order valence-corrected chi connectivity index (χ1v) is 9.15. The molecule has 0 saturated heterocycles. The predicted molar refractivity (Wildman–Crippen MR) is 102 cm³/mol. The first-order chi connectivity index (χ1) is 12.5. The van der Waals surface area contributed by atoms with E-state index in [1.165, 1.54) is 11.1 Å². The molecule has 0 saturated carbocycles. The van der Waals surface area contributed by atoms with Gasteiger partial charge in [-0.15, -0.1) is 0 Å². The van der Waals surface area contributed by atoms with Gasteiger partial charge in [0.05, 0.1) is 6.04 Å². The van der Waals surface area contributed by atoms with Crippen molar-refractivity contribution in [2.75, 3.05) is 13.1 Å². The number of carbonyl (C=O) groups is 1. The highest BCUT2D eigenvalue weighted by molar-refractivity contribution is 5.78. The lowest BCUT2D eigenvalue weighted by Crippen LogP contribution is -2.38. The predicted octanol–water partition coefficient (Wildman–Crippen LogP) is 2.56. The number of aryl methyl sites for hydroxylation is 1. The lowest BCUT2D eigenvalue weighted by atomic mass is 9.99. The van der Waals surface area contributed by atoms with Crippen molar-refractivity contribution in [2.24, 2.45) is 11.7 Å². The van der Waals surface area contributed by atoms with Crippen LogP contribution < -0.4 is 5.73 Å². The maximum absolute atomic E-state index is 12.7. The number of nitrogens with zero attached hydrogens (tertiary/aromatic N) is 4. The molecule has 3 rings (SSSR count). The van der Waals surface area contributed by atoms with E-state index in [-0.39, 0.29) is 24.4 Å². The van der Waals surface area contributed by atoms with Gasteiger partial charge in [0, 0.05) is 13.1 Å². The van der Waals surface area contributed by atoms with Gasteiger partial charge in [-0.3, -0.25) is 4.79 Å². The zero-order valence-electron chi connectivity index (χ0n) is 15.7. The van der Waals surface area contributed by atoms with E-state index in [1.54, 1.807) is 4.68 Å². The van der Waals surface area contributed by atoms with Crippen LogP contribution in [0.25, 0.3) is 5.57 Å². The summed E-state index contributed by atoms with van der Waals surface area (Å²) in [6.07, 6.45) is 3.01. The summed E-state index contributed by atoms with van der Waals surface area (Å²) >= 11 is 0. The summed E-state index contributed by atoms with van der Waals surface area (Å²) in [6, 6.07) is 10.1. The van der Waals surface area contributed by atoms with Gasteiger partial charge in [-0.05, 0) is 30.4 Å². The van der Waals surface area contributed by atoms with Crippen molar-refractivity contribution in [3.63, 3.8) is 0 Å². The number of rotatable bonds is 5. The molecule has 6 nitrogen and oxygen atoms in total. The van der Waals surface area contributed by atoms with Crippen LogP contribution in [0.5, 0.6) is 0 Å². The summed E-state index contributed by atoms with van der Waals surface area (Å²) in [6.45, 7) is 7.45. The monoisotopic (exact) mass is 353 g/mol. The van der Waals surface area contributed by atoms with E-state index in [9.17, 15) is 4.79 Å². The van der Waals surface area contributed by atoms with Crippen LogP contribution in [0.4, 0.5) is 0 Å². The van der Waals surface area contributed by atoms with Crippen LogP contribution in [0.15, 0.2) is 36.4 Å². The molecule has 138 valence electrons. The Morgan fingerprint density at radius 3 is 2.62 bits per heavy atom. The molecule has 6 heteroatoms. The number of nitrogens with two attached hydrogens (primary N) is 1. The minimum atomic E-state index is -0.227. The fourth-order valence-electron chi connectivity index (χ4n) is 3.17. The molecule has 0 unspecified atom stereocenters. The maximum Gasteiger partial charge on any atom is 0.244 e. The molecule has 1 aliphatic heterocycles. The smallest absolute Gasteiger partial charge is 0.244 e. The molecule has 0 spiro atoms. The van der Waals surface area contributed by atoms with Crippen molar-refractivity contribution in [1.82, 2.24) is 19.7 Å². The highest BCUT2D eigenvalue weighted by Gasteiger charge is 2.23. The van der Waals surface area contributed by atoms with Gasteiger partial charge < -0.3 is 10.6 Å². The van der Waals surface area contributed by atoms with E-state index in [4.69, 9.17) is 5.73 Å². The van der Waals surface area contributed by atoms with Crippen molar-refractivity contribution in [2.45, 2.75) is 39.8 Å². The molecule has 2 N–H and O–H groups in total. The molecule has 0 fully saturated rings. The number of carbonyl (C=O) groups excluding carboxylic acids is 1. The van der Waals surface area contributed by atoms with E-state index in [0.29, 0.717) is 18.2 Å². The topological polar surface area (TPSA) is 77.0 Å². The number of aromatic nitrogens is 3. The molecule has 0 bridgehead atoms. The number of benzene rings is 1. The first kappa shape index (κ1) is 18.3. The molecule has 1 aromatic heterocycles. The lowest BCUT2D eigenvalue weighted by molar-refractivity contribution is -0.131. The molecule has 1 aromatic carbocycles. The lowest BCUT2D eigenvalue weighted by Gasteiger charge is -2.27. The number of amides is 1. The van der Waals surface area contributed by atoms with Crippen LogP contribution in [-0.4, -0.2) is 38.7 Å². The number of hydrogen-bond donors (Lipinski definition) is 1. The zero-order chi connectivity index (χ0) is 18.7. The SMILES string of the molecule is Cc1nc([C@@H](N)C(C)C)n(CC(=O)N2CC=C(c3ccccc3)CC2)n1. The van der Waals surface area contributed by atoms with E-state index in [0.717, 1.165) is 13.0 Å². The molecule has 1 aliphatic rings. The minimum absolute atomic E-state index is 0.0514. The van der Waals surface area contributed by atoms with Gasteiger partial charge in [0.25, 0.3) is 0 Å². The molecule has 26 heavy (non-hydrogen) atoms. The molecule has 0 radical (unpaired) electrons. The Morgan fingerprint density at radius 1 is 1.27 bits per heavy atom. The molecule has 1 atom stereocenters. The first-order valence-electron chi connectivity index (χ1n) is 9.15. The van der Waals surface area contributed by atoms with Crippen molar-refractivity contribution < 1.29 is 4.79 Å². The van der Waals surface area contributed by atoms with Crippen LogP contribution in [0.2, 0.25) is 0 Å². The average Bonchev–Trinajstić information content (AvgIpc) is 3.01. The summed E-state index contributed by atoms with van der Waals surface area (Å²) < 4.78 is 1.67. The standard InChI is InChI=1S/C20H27N5O/c1-14(2)19(21)20-22-15(3)23-25(20)13-18(26)24-11-9-17(10-12-24)16-7-5-4-6-8-16/h4-9,14,19H,10-13,21H2,1-3H3/t19-/m0/s1. The fourth-order valence-corrected chi connectivity index (χ4v) is 3.17. The van der Waals surface area contributed by atoms with Gasteiger partial charge in [-0.2, -0.15) is 5.10 Å². The average molecular weight is 353 g/mol. The Bertz CT molecular complexity index is 794. The molecule has 1 amide bonds. The second kappa shape index (κ2) is 7.83. The van der Waals surface area contributed by atoms with Crippen molar-refractivity contribution in [3.05, 3.63) is 53.6 Å². The highest BCUT2D eigenvalue weighted by atomic mass is 16.2. The third-order valence-corrected chi connectivity index (χ3v) is 4.81. The Labute approximate surface area is 154 Å². The van der Waals surface area contributed by atoms with E-state index >= 15 is 0 Å². The third-order valence-electron chi connectivity index (χ3n) is 4.81. The van der Waals surface area contributed by atoms with E-state index in [2.05, 4.69) is 28.3 Å². The largest absolute Gasteiger partial charge is 0.337 e. The Hall–Kier alpha value is -2.47. The second-order valence-corrected chi connectivity index (χ2v) is 7.13. The van der Waals surface area contributed by atoms with Crippen LogP contribution in [0.1, 0.15) is 43.5 Å². The maximum atomic E-state index is 12.7. The van der Waals surface area contributed by atoms with Crippen LogP contribution in [-0.2, 0) is 11.3 Å². The Kier molecular flexibility index (Phi) is 5.52. The summed E-state index contributed by atoms with van der Waals surface area (Å²) in [5.74, 6) is 1.62. The van der Waals surface area contributed by atoms with Crippen LogP contribution >= 0.6 is 0 Å². The van der Waals surface area contributed by atoms with Gasteiger partial charge in [0.1, 0.15) is 18.2 Å². The van der Waals surface area contributed by atoms with E-state index in [1.807, 2.05) is 43.9 Å². The van der Waals surface area contributed by atoms with Crippen LogP contribution in [0, 0.1) is 12.8 Å². The fraction of sp³-hybridized carbons (Fsp3) is 0.450. The summed E-state index contributed by atoms with van der Waals surface area (Å²) in [5.41, 5.74) is 8.76. The van der Waals surface area contributed by atoms with Gasteiger partial charge in [0.2, 0.25) is 5.91 Å². The minimum Gasteiger partial charge on any atom is -0.337 e. The number of hydrogen-bond acceptors (Lipinski definition) is 4. The third kappa shape index (κ3) is 4.02. The summed E-state index contributed by atoms with van der Waals surface area (Å²) in [5, 5.41) is 4.37. The summed E-state index contributed by atoms with van der Waals surface area (Å²) in [7, 11) is 0. The van der Waals surface area contributed by atoms with Crippen molar-refractivity contribution in [3.8, 4) is 0 Å².